The summed E-state index contributed by atoms with van der Waals surface area (Å²) in [5, 5.41) is 0.882. The third kappa shape index (κ3) is 2.55. The summed E-state index contributed by atoms with van der Waals surface area (Å²) >= 11 is 21.6. The van der Waals surface area contributed by atoms with Crippen molar-refractivity contribution in [2.24, 2.45) is 0 Å². The molecule has 108 valence electrons. The van der Waals surface area contributed by atoms with Gasteiger partial charge in [-0.15, -0.1) is 11.6 Å². The lowest BCUT2D eigenvalue weighted by molar-refractivity contribution is 0.622. The summed E-state index contributed by atoms with van der Waals surface area (Å²) in [5.74, 6) is 0.294. The first-order valence-corrected chi connectivity index (χ1v) is 7.98. The van der Waals surface area contributed by atoms with E-state index in [9.17, 15) is 4.39 Å². The predicted octanol–water partition coefficient (Wildman–Crippen LogP) is 5.97. The third-order valence-electron chi connectivity index (χ3n) is 3.05. The van der Waals surface area contributed by atoms with E-state index in [0.29, 0.717) is 37.1 Å². The molecule has 0 aliphatic heterocycles. The molecule has 0 spiro atoms. The molecule has 3 aromatic rings. The predicted molar refractivity (Wildman–Crippen MR) is 88.3 cm³/mol. The van der Waals surface area contributed by atoms with Gasteiger partial charge in [-0.05, 0) is 34.1 Å². The number of halogens is 5. The van der Waals surface area contributed by atoms with Crippen molar-refractivity contribution < 1.29 is 4.39 Å². The fraction of sp³-hybridized carbons (Fsp3) is 0.0714. The smallest absolute Gasteiger partial charge is 0.139 e. The van der Waals surface area contributed by atoms with Gasteiger partial charge in [0.25, 0.3) is 0 Å². The van der Waals surface area contributed by atoms with E-state index in [0.717, 1.165) is 0 Å². The first kappa shape index (κ1) is 15.1. The number of rotatable bonds is 2. The molecule has 21 heavy (non-hydrogen) atoms. The number of hydrogen-bond donors (Lipinski definition) is 0. The highest BCUT2D eigenvalue weighted by Crippen LogP contribution is 2.34. The zero-order valence-corrected chi connectivity index (χ0v) is 14.2. The Morgan fingerprint density at radius 3 is 2.48 bits per heavy atom. The largest absolute Gasteiger partial charge is 0.292 e. The number of aromatic nitrogens is 2. The van der Waals surface area contributed by atoms with Crippen molar-refractivity contribution in [2.45, 2.75) is 5.88 Å². The topological polar surface area (TPSA) is 17.8 Å². The second kappa shape index (κ2) is 5.76. The molecule has 0 unspecified atom stereocenters. The second-order valence-corrected chi connectivity index (χ2v) is 6.26. The SMILES string of the molecule is Fc1cc2c(cc1Br)nc(CCl)n2-c1c(Cl)cccc1Cl. The average Bonchev–Trinajstić information content (AvgIpc) is 2.77. The van der Waals surface area contributed by atoms with Gasteiger partial charge < -0.3 is 0 Å². The number of fused-ring (bicyclic) bond motifs is 1. The summed E-state index contributed by atoms with van der Waals surface area (Å²) in [6.07, 6.45) is 0. The van der Waals surface area contributed by atoms with Gasteiger partial charge in [0.15, 0.2) is 0 Å². The summed E-state index contributed by atoms with van der Waals surface area (Å²) in [6, 6.07) is 8.14. The highest BCUT2D eigenvalue weighted by atomic mass is 79.9. The Labute approximate surface area is 143 Å². The van der Waals surface area contributed by atoms with E-state index in [4.69, 9.17) is 34.8 Å². The van der Waals surface area contributed by atoms with Crippen LogP contribution >= 0.6 is 50.7 Å². The number of para-hydroxylation sites is 1. The van der Waals surface area contributed by atoms with Gasteiger partial charge in [-0.3, -0.25) is 4.57 Å². The lowest BCUT2D eigenvalue weighted by Gasteiger charge is -2.12. The molecule has 0 saturated heterocycles. The Bertz CT molecular complexity index is 828. The van der Waals surface area contributed by atoms with E-state index < -0.39 is 5.82 Å². The normalized spacial score (nSPS) is 11.3. The highest BCUT2D eigenvalue weighted by Gasteiger charge is 2.18. The fourth-order valence-electron chi connectivity index (χ4n) is 2.16. The molecule has 0 N–H and O–H groups in total. The maximum Gasteiger partial charge on any atom is 0.139 e. The molecule has 1 heterocycles. The maximum absolute atomic E-state index is 13.9. The molecule has 7 heteroatoms. The number of imidazole rings is 1. The van der Waals surface area contributed by atoms with Gasteiger partial charge in [0, 0.05) is 6.07 Å². The molecule has 0 amide bonds. The van der Waals surface area contributed by atoms with E-state index in [-0.39, 0.29) is 5.88 Å². The Kier molecular flexibility index (Phi) is 4.14. The Morgan fingerprint density at radius 1 is 1.19 bits per heavy atom. The van der Waals surface area contributed by atoms with Crippen LogP contribution in [0.25, 0.3) is 16.7 Å². The van der Waals surface area contributed by atoms with Crippen LogP contribution in [0.1, 0.15) is 5.82 Å². The van der Waals surface area contributed by atoms with Crippen molar-refractivity contribution >= 4 is 61.8 Å². The molecular formula is C14H7BrCl3FN2. The van der Waals surface area contributed by atoms with Crippen molar-refractivity contribution in [3.8, 4) is 5.69 Å². The standard InChI is InChI=1S/C14H7BrCl3FN2/c15-7-4-11-12(5-10(7)19)21(13(6-16)20-11)14-8(17)2-1-3-9(14)18/h1-5H,6H2. The summed E-state index contributed by atoms with van der Waals surface area (Å²) in [4.78, 5) is 4.41. The van der Waals surface area contributed by atoms with E-state index in [1.807, 2.05) is 0 Å². The van der Waals surface area contributed by atoms with Gasteiger partial charge in [-0.1, -0.05) is 29.3 Å². The Hall–Kier alpha value is -0.810. The monoisotopic (exact) mass is 406 g/mol. The maximum atomic E-state index is 13.9. The molecule has 0 saturated carbocycles. The molecule has 2 nitrogen and oxygen atoms in total. The third-order valence-corrected chi connectivity index (χ3v) is 4.50. The van der Waals surface area contributed by atoms with E-state index in [1.54, 1.807) is 28.8 Å². The minimum Gasteiger partial charge on any atom is -0.292 e. The quantitative estimate of drug-likeness (QED) is 0.478. The average molecular weight is 408 g/mol. The van der Waals surface area contributed by atoms with Gasteiger partial charge in [-0.2, -0.15) is 0 Å². The minimum atomic E-state index is -0.395. The molecule has 0 bridgehead atoms. The first-order chi connectivity index (χ1) is 10.0. The van der Waals surface area contributed by atoms with E-state index in [2.05, 4.69) is 20.9 Å². The van der Waals surface area contributed by atoms with Crippen molar-refractivity contribution in [3.63, 3.8) is 0 Å². The van der Waals surface area contributed by atoms with E-state index in [1.165, 1.54) is 6.07 Å². The molecule has 0 fully saturated rings. The van der Waals surface area contributed by atoms with Crippen molar-refractivity contribution in [1.82, 2.24) is 9.55 Å². The van der Waals surface area contributed by atoms with Crippen LogP contribution < -0.4 is 0 Å². The molecule has 1 aromatic heterocycles. The highest BCUT2D eigenvalue weighted by molar-refractivity contribution is 9.10. The van der Waals surface area contributed by atoms with Crippen LogP contribution in [0.15, 0.2) is 34.8 Å². The fourth-order valence-corrected chi connectivity index (χ4v) is 3.24. The number of alkyl halides is 1. The molecular weight excluding hydrogens is 401 g/mol. The molecule has 2 aromatic carbocycles. The molecule has 0 radical (unpaired) electrons. The number of benzene rings is 2. The Balaban J connectivity index is 2.43. The van der Waals surface area contributed by atoms with Crippen LogP contribution in [0.4, 0.5) is 4.39 Å². The summed E-state index contributed by atoms with van der Waals surface area (Å²) < 4.78 is 15.9. The molecule has 3 rings (SSSR count). The van der Waals surface area contributed by atoms with E-state index >= 15 is 0 Å². The lowest BCUT2D eigenvalue weighted by atomic mass is 10.2. The second-order valence-electron chi connectivity index (χ2n) is 4.32. The summed E-state index contributed by atoms with van der Waals surface area (Å²) in [5.41, 5.74) is 1.71. The van der Waals surface area contributed by atoms with Crippen LogP contribution in [0.3, 0.4) is 0 Å². The van der Waals surface area contributed by atoms with Gasteiger partial charge in [-0.25, -0.2) is 9.37 Å². The minimum absolute atomic E-state index is 0.148. The first-order valence-electron chi connectivity index (χ1n) is 5.89. The van der Waals surface area contributed by atoms with Crippen LogP contribution in [0.5, 0.6) is 0 Å². The van der Waals surface area contributed by atoms with Gasteiger partial charge in [0.1, 0.15) is 11.6 Å². The van der Waals surface area contributed by atoms with Crippen molar-refractivity contribution in [2.75, 3.05) is 0 Å². The number of hydrogen-bond acceptors (Lipinski definition) is 1. The summed E-state index contributed by atoms with van der Waals surface area (Å²) in [6.45, 7) is 0. The van der Waals surface area contributed by atoms with Crippen LogP contribution in [0.2, 0.25) is 10.0 Å². The van der Waals surface area contributed by atoms with Crippen LogP contribution in [0, 0.1) is 5.82 Å². The number of nitrogens with zero attached hydrogens (tertiary/aromatic N) is 2. The van der Waals surface area contributed by atoms with Crippen molar-refractivity contribution in [1.29, 1.82) is 0 Å². The molecule has 0 atom stereocenters. The van der Waals surface area contributed by atoms with Gasteiger partial charge >= 0.3 is 0 Å². The molecule has 0 aliphatic carbocycles. The van der Waals surface area contributed by atoms with Gasteiger partial charge in [0.05, 0.1) is 37.1 Å². The summed E-state index contributed by atoms with van der Waals surface area (Å²) in [7, 11) is 0. The zero-order valence-electron chi connectivity index (χ0n) is 10.4. The lowest BCUT2D eigenvalue weighted by Crippen LogP contribution is -2.01. The van der Waals surface area contributed by atoms with Crippen LogP contribution in [-0.2, 0) is 5.88 Å². The van der Waals surface area contributed by atoms with Crippen LogP contribution in [-0.4, -0.2) is 9.55 Å². The Morgan fingerprint density at radius 2 is 1.86 bits per heavy atom. The van der Waals surface area contributed by atoms with Gasteiger partial charge in [0.2, 0.25) is 0 Å². The zero-order chi connectivity index (χ0) is 15.1. The molecule has 0 aliphatic rings. The van der Waals surface area contributed by atoms with Crippen molar-refractivity contribution in [3.05, 3.63) is 56.5 Å².